The van der Waals surface area contributed by atoms with Gasteiger partial charge in [0.2, 0.25) is 17.7 Å². The van der Waals surface area contributed by atoms with Crippen LogP contribution in [0.15, 0.2) is 28.7 Å². The molecule has 0 radical (unpaired) electrons. The monoisotopic (exact) mass is 329 g/mol. The summed E-state index contributed by atoms with van der Waals surface area (Å²) < 4.78 is 10.8. The Morgan fingerprint density at radius 2 is 2.17 bits per heavy atom. The van der Waals surface area contributed by atoms with Crippen LogP contribution in [0.5, 0.6) is 5.75 Å². The van der Waals surface area contributed by atoms with Crippen LogP contribution in [-0.2, 0) is 11.3 Å². The lowest BCUT2D eigenvalue weighted by Crippen LogP contribution is -2.32. The van der Waals surface area contributed by atoms with Gasteiger partial charge in [-0.05, 0) is 37.0 Å². The van der Waals surface area contributed by atoms with Crippen molar-refractivity contribution in [1.29, 1.82) is 0 Å². The number of benzene rings is 1. The van der Waals surface area contributed by atoms with Crippen molar-refractivity contribution in [2.24, 2.45) is 11.8 Å². The second-order valence-corrected chi connectivity index (χ2v) is 6.28. The van der Waals surface area contributed by atoms with Crippen LogP contribution in [0.25, 0.3) is 11.5 Å². The van der Waals surface area contributed by atoms with Gasteiger partial charge in [-0.25, -0.2) is 0 Å². The number of nitrogens with zero attached hydrogens (tertiary/aromatic N) is 2. The van der Waals surface area contributed by atoms with E-state index in [-0.39, 0.29) is 18.4 Å². The fraction of sp³-hybridized carbons (Fsp3) is 0.500. The van der Waals surface area contributed by atoms with E-state index in [4.69, 9.17) is 9.15 Å². The Hall–Kier alpha value is -2.37. The molecule has 1 aromatic carbocycles. The number of amides is 1. The highest BCUT2D eigenvalue weighted by molar-refractivity contribution is 5.78. The first-order chi connectivity index (χ1) is 11.7. The zero-order valence-electron chi connectivity index (χ0n) is 14.1. The first kappa shape index (κ1) is 16.5. The molecular formula is C18H23N3O3. The van der Waals surface area contributed by atoms with Gasteiger partial charge in [-0.15, -0.1) is 10.2 Å². The molecule has 24 heavy (non-hydrogen) atoms. The van der Waals surface area contributed by atoms with Crippen molar-refractivity contribution in [3.63, 3.8) is 0 Å². The van der Waals surface area contributed by atoms with E-state index >= 15 is 0 Å². The lowest BCUT2D eigenvalue weighted by atomic mass is 9.92. The molecule has 1 aliphatic carbocycles. The number of carbonyl (C=O) groups excluding carboxylic acids is 1. The summed E-state index contributed by atoms with van der Waals surface area (Å²) in [4.78, 5) is 12.2. The molecule has 6 nitrogen and oxygen atoms in total. The lowest BCUT2D eigenvalue weighted by molar-refractivity contribution is -0.126. The van der Waals surface area contributed by atoms with Crippen LogP contribution in [0.3, 0.4) is 0 Å². The van der Waals surface area contributed by atoms with E-state index in [1.54, 1.807) is 7.11 Å². The van der Waals surface area contributed by atoms with Crippen LogP contribution in [0.4, 0.5) is 0 Å². The van der Waals surface area contributed by atoms with E-state index in [0.717, 1.165) is 24.2 Å². The molecule has 0 bridgehead atoms. The lowest BCUT2D eigenvalue weighted by Gasteiger charge is -2.17. The highest BCUT2D eigenvalue weighted by atomic mass is 16.5. The zero-order valence-corrected chi connectivity index (χ0v) is 14.1. The van der Waals surface area contributed by atoms with E-state index in [9.17, 15) is 4.79 Å². The van der Waals surface area contributed by atoms with Crippen LogP contribution in [0.1, 0.15) is 38.5 Å². The quantitative estimate of drug-likeness (QED) is 0.880. The third kappa shape index (κ3) is 3.75. The summed E-state index contributed by atoms with van der Waals surface area (Å²) in [5, 5.41) is 10.9. The van der Waals surface area contributed by atoms with Crippen molar-refractivity contribution in [3.8, 4) is 17.2 Å². The molecule has 128 valence electrons. The largest absolute Gasteiger partial charge is 0.497 e. The highest BCUT2D eigenvalue weighted by Crippen LogP contribution is 2.31. The van der Waals surface area contributed by atoms with Gasteiger partial charge in [-0.3, -0.25) is 4.79 Å². The van der Waals surface area contributed by atoms with Crippen LogP contribution in [-0.4, -0.2) is 23.2 Å². The van der Waals surface area contributed by atoms with Gasteiger partial charge in [0.05, 0.1) is 13.7 Å². The minimum Gasteiger partial charge on any atom is -0.497 e. The van der Waals surface area contributed by atoms with Crippen LogP contribution in [0.2, 0.25) is 0 Å². The van der Waals surface area contributed by atoms with E-state index in [1.807, 2.05) is 31.2 Å². The second-order valence-electron chi connectivity index (χ2n) is 6.28. The number of carbonyl (C=O) groups is 1. The molecule has 1 aromatic heterocycles. The van der Waals surface area contributed by atoms with Gasteiger partial charge in [0.1, 0.15) is 5.75 Å². The number of aromatic nitrogens is 2. The van der Waals surface area contributed by atoms with Crippen molar-refractivity contribution >= 4 is 5.91 Å². The summed E-state index contributed by atoms with van der Waals surface area (Å²) in [7, 11) is 1.61. The molecule has 1 fully saturated rings. The number of methoxy groups -OCH3 is 1. The molecule has 0 aliphatic heterocycles. The topological polar surface area (TPSA) is 77.3 Å². The van der Waals surface area contributed by atoms with Crippen molar-refractivity contribution < 1.29 is 13.9 Å². The zero-order chi connectivity index (χ0) is 16.9. The molecule has 0 saturated heterocycles. The van der Waals surface area contributed by atoms with Gasteiger partial charge in [-0.1, -0.05) is 25.8 Å². The average molecular weight is 329 g/mol. The Morgan fingerprint density at radius 1 is 1.38 bits per heavy atom. The van der Waals surface area contributed by atoms with Crippen LogP contribution >= 0.6 is 0 Å². The molecule has 1 N–H and O–H groups in total. The standard InChI is InChI=1S/C18H23N3O3/c1-12(13-6-3-4-7-13)17(22)19-11-16-20-21-18(24-16)14-8-5-9-15(10-14)23-2/h5,8-10,12-13H,3-4,6-7,11H2,1-2H3,(H,19,22). The molecule has 1 amide bonds. The first-order valence-electron chi connectivity index (χ1n) is 8.42. The molecule has 0 spiro atoms. The highest BCUT2D eigenvalue weighted by Gasteiger charge is 2.26. The molecule has 1 heterocycles. The SMILES string of the molecule is COc1cccc(-c2nnc(CNC(=O)C(C)C3CCCC3)o2)c1. The number of hydrogen-bond donors (Lipinski definition) is 1. The number of nitrogens with one attached hydrogen (secondary N) is 1. The number of hydrogen-bond acceptors (Lipinski definition) is 5. The van der Waals surface area contributed by atoms with E-state index in [2.05, 4.69) is 15.5 Å². The maximum Gasteiger partial charge on any atom is 0.247 e. The van der Waals surface area contributed by atoms with Crippen molar-refractivity contribution in [2.45, 2.75) is 39.2 Å². The Bertz CT molecular complexity index is 692. The van der Waals surface area contributed by atoms with Gasteiger partial charge >= 0.3 is 0 Å². The minimum atomic E-state index is 0.0354. The summed E-state index contributed by atoms with van der Waals surface area (Å²) in [6, 6.07) is 7.42. The van der Waals surface area contributed by atoms with Gasteiger partial charge in [0, 0.05) is 11.5 Å². The Labute approximate surface area is 141 Å². The Morgan fingerprint density at radius 3 is 2.92 bits per heavy atom. The smallest absolute Gasteiger partial charge is 0.247 e. The van der Waals surface area contributed by atoms with Gasteiger partial charge in [-0.2, -0.15) is 0 Å². The van der Waals surface area contributed by atoms with E-state index in [1.165, 1.54) is 12.8 Å². The molecule has 1 aliphatic rings. The van der Waals surface area contributed by atoms with Crippen molar-refractivity contribution in [2.75, 3.05) is 7.11 Å². The number of rotatable bonds is 6. The molecule has 1 unspecified atom stereocenters. The molecule has 1 atom stereocenters. The van der Waals surface area contributed by atoms with E-state index < -0.39 is 0 Å². The maximum absolute atomic E-state index is 12.2. The Balaban J connectivity index is 1.58. The normalized spacial score (nSPS) is 16.1. The first-order valence-corrected chi connectivity index (χ1v) is 8.42. The minimum absolute atomic E-state index is 0.0354. The average Bonchev–Trinajstić information content (AvgIpc) is 3.30. The number of ether oxygens (including phenoxy) is 1. The predicted octanol–water partition coefficient (Wildman–Crippen LogP) is 3.19. The predicted molar refractivity (Wildman–Crippen MR) is 89.3 cm³/mol. The van der Waals surface area contributed by atoms with Gasteiger partial charge < -0.3 is 14.5 Å². The fourth-order valence-electron chi connectivity index (χ4n) is 3.19. The van der Waals surface area contributed by atoms with Crippen LogP contribution < -0.4 is 10.1 Å². The third-order valence-electron chi connectivity index (χ3n) is 4.72. The summed E-state index contributed by atoms with van der Waals surface area (Å²) in [5.41, 5.74) is 0.791. The van der Waals surface area contributed by atoms with Crippen molar-refractivity contribution in [1.82, 2.24) is 15.5 Å². The molecule has 1 saturated carbocycles. The van der Waals surface area contributed by atoms with Gasteiger partial charge in [0.25, 0.3) is 0 Å². The molecule has 6 heteroatoms. The third-order valence-corrected chi connectivity index (χ3v) is 4.72. The Kier molecular flexibility index (Phi) is 5.13. The summed E-state index contributed by atoms with van der Waals surface area (Å²) in [6.45, 7) is 2.26. The maximum atomic E-state index is 12.2. The molecular weight excluding hydrogens is 306 g/mol. The molecule has 2 aromatic rings. The fourth-order valence-corrected chi connectivity index (χ4v) is 3.19. The van der Waals surface area contributed by atoms with Crippen molar-refractivity contribution in [3.05, 3.63) is 30.2 Å². The second kappa shape index (κ2) is 7.47. The van der Waals surface area contributed by atoms with E-state index in [0.29, 0.717) is 17.7 Å². The van der Waals surface area contributed by atoms with Gasteiger partial charge in [0.15, 0.2) is 0 Å². The summed E-state index contributed by atoms with van der Waals surface area (Å²) in [6.07, 6.45) is 4.76. The molecule has 3 rings (SSSR count). The summed E-state index contributed by atoms with van der Waals surface area (Å²) >= 11 is 0. The van der Waals surface area contributed by atoms with Crippen LogP contribution in [0, 0.1) is 11.8 Å². The summed E-state index contributed by atoms with van der Waals surface area (Å²) in [5.74, 6) is 2.14.